The third-order valence-corrected chi connectivity index (χ3v) is 3.89. The van der Waals surface area contributed by atoms with Crippen molar-refractivity contribution in [3.63, 3.8) is 0 Å². The van der Waals surface area contributed by atoms with Crippen LogP contribution in [0.3, 0.4) is 0 Å². The number of rotatable bonds is 4. The molecule has 0 aromatic heterocycles. The number of fused-ring (bicyclic) bond motifs is 1. The van der Waals surface area contributed by atoms with E-state index in [0.29, 0.717) is 39.4 Å². The van der Waals surface area contributed by atoms with Crippen LogP contribution in [0.1, 0.15) is 24.9 Å². The third-order valence-electron chi connectivity index (χ3n) is 3.89. The summed E-state index contributed by atoms with van der Waals surface area (Å²) in [6, 6.07) is 6.10. The Bertz CT molecular complexity index is 471. The van der Waals surface area contributed by atoms with Gasteiger partial charge in [-0.05, 0) is 24.6 Å². The molecular formula is C15H21NO4. The zero-order valence-corrected chi connectivity index (χ0v) is 11.7. The van der Waals surface area contributed by atoms with Gasteiger partial charge in [0.05, 0.1) is 6.61 Å². The molecule has 110 valence electrons. The summed E-state index contributed by atoms with van der Waals surface area (Å²) < 4.78 is 16.3. The Kier molecular flexibility index (Phi) is 3.83. The quantitative estimate of drug-likeness (QED) is 0.869. The summed E-state index contributed by atoms with van der Waals surface area (Å²) in [5.74, 6) is 1.60. The van der Waals surface area contributed by atoms with E-state index in [9.17, 15) is 5.11 Å². The zero-order chi connectivity index (χ0) is 14.0. The van der Waals surface area contributed by atoms with E-state index in [0.717, 1.165) is 17.1 Å². The van der Waals surface area contributed by atoms with Crippen molar-refractivity contribution in [1.82, 2.24) is 5.32 Å². The van der Waals surface area contributed by atoms with Crippen molar-refractivity contribution in [3.05, 3.63) is 23.8 Å². The van der Waals surface area contributed by atoms with Gasteiger partial charge < -0.3 is 24.6 Å². The summed E-state index contributed by atoms with van der Waals surface area (Å²) in [5, 5.41) is 13.6. The van der Waals surface area contributed by atoms with E-state index in [4.69, 9.17) is 14.2 Å². The number of nitrogens with one attached hydrogen (secondary N) is 1. The average Bonchev–Trinajstić information content (AvgIpc) is 2.91. The normalized spacial score (nSPS) is 26.5. The van der Waals surface area contributed by atoms with Crippen LogP contribution in [-0.2, 0) is 4.74 Å². The maximum Gasteiger partial charge on any atom is 0.161 e. The molecule has 5 heteroatoms. The summed E-state index contributed by atoms with van der Waals surface area (Å²) in [6.45, 7) is 4.85. The van der Waals surface area contributed by atoms with Crippen LogP contribution in [0.15, 0.2) is 18.2 Å². The van der Waals surface area contributed by atoms with Gasteiger partial charge in [-0.25, -0.2) is 0 Å². The summed E-state index contributed by atoms with van der Waals surface area (Å²) in [4.78, 5) is 0. The van der Waals surface area contributed by atoms with E-state index in [2.05, 4.69) is 12.2 Å². The van der Waals surface area contributed by atoms with Crippen LogP contribution in [0, 0.1) is 0 Å². The minimum absolute atomic E-state index is 0.135. The topological polar surface area (TPSA) is 60.0 Å². The summed E-state index contributed by atoms with van der Waals surface area (Å²) in [6.07, 6.45) is 0.688. The van der Waals surface area contributed by atoms with Crippen LogP contribution in [-0.4, -0.2) is 43.7 Å². The van der Waals surface area contributed by atoms with Gasteiger partial charge in [-0.3, -0.25) is 0 Å². The molecule has 0 aliphatic carbocycles. The second kappa shape index (κ2) is 5.60. The lowest BCUT2D eigenvalue weighted by Crippen LogP contribution is -2.41. The first kappa shape index (κ1) is 13.7. The van der Waals surface area contributed by atoms with Crippen LogP contribution in [0.4, 0.5) is 0 Å². The Morgan fingerprint density at radius 3 is 2.80 bits per heavy atom. The van der Waals surface area contributed by atoms with Gasteiger partial charge in [0.2, 0.25) is 0 Å². The smallest absolute Gasteiger partial charge is 0.161 e. The minimum Gasteiger partial charge on any atom is -0.486 e. The van der Waals surface area contributed by atoms with Crippen molar-refractivity contribution < 1.29 is 19.3 Å². The monoisotopic (exact) mass is 279 g/mol. The molecular weight excluding hydrogens is 258 g/mol. The van der Waals surface area contributed by atoms with Gasteiger partial charge in [0.1, 0.15) is 18.8 Å². The van der Waals surface area contributed by atoms with E-state index < -0.39 is 5.60 Å². The molecule has 0 spiro atoms. The standard InChI is InChI=1S/C15H21NO4/c1-11(16-9-15(17)4-5-18-10-15)12-2-3-13-14(8-12)20-7-6-19-13/h2-3,8,11,16-17H,4-7,9-10H2,1H3. The molecule has 2 heterocycles. The molecule has 1 fully saturated rings. The van der Waals surface area contributed by atoms with Crippen LogP contribution >= 0.6 is 0 Å². The third kappa shape index (κ3) is 2.90. The lowest BCUT2D eigenvalue weighted by atomic mass is 10.0. The first-order valence-electron chi connectivity index (χ1n) is 7.09. The van der Waals surface area contributed by atoms with Gasteiger partial charge in [-0.15, -0.1) is 0 Å². The highest BCUT2D eigenvalue weighted by atomic mass is 16.6. The Balaban J connectivity index is 1.63. The number of ether oxygens (including phenoxy) is 3. The van der Waals surface area contributed by atoms with E-state index >= 15 is 0 Å². The first-order valence-corrected chi connectivity index (χ1v) is 7.09. The van der Waals surface area contributed by atoms with Gasteiger partial charge in [0.25, 0.3) is 0 Å². The van der Waals surface area contributed by atoms with Gasteiger partial charge in [-0.2, -0.15) is 0 Å². The Labute approximate surface area is 118 Å². The van der Waals surface area contributed by atoms with E-state index in [1.807, 2.05) is 18.2 Å². The molecule has 0 radical (unpaired) electrons. The lowest BCUT2D eigenvalue weighted by molar-refractivity contribution is 0.0252. The molecule has 2 unspecified atom stereocenters. The summed E-state index contributed by atoms with van der Waals surface area (Å²) >= 11 is 0. The molecule has 2 N–H and O–H groups in total. The first-order chi connectivity index (χ1) is 9.66. The molecule has 1 aromatic rings. The fourth-order valence-corrected chi connectivity index (χ4v) is 2.53. The highest BCUT2D eigenvalue weighted by Gasteiger charge is 2.32. The largest absolute Gasteiger partial charge is 0.486 e. The Morgan fingerprint density at radius 2 is 2.05 bits per heavy atom. The fourth-order valence-electron chi connectivity index (χ4n) is 2.53. The fraction of sp³-hybridized carbons (Fsp3) is 0.600. The number of hydrogen-bond donors (Lipinski definition) is 2. The lowest BCUT2D eigenvalue weighted by Gasteiger charge is -2.25. The molecule has 0 amide bonds. The van der Waals surface area contributed by atoms with Crippen molar-refractivity contribution in [2.24, 2.45) is 0 Å². The van der Waals surface area contributed by atoms with Crippen LogP contribution < -0.4 is 14.8 Å². The molecule has 1 aromatic carbocycles. The molecule has 5 nitrogen and oxygen atoms in total. The second-order valence-electron chi connectivity index (χ2n) is 5.53. The van der Waals surface area contributed by atoms with Crippen molar-refractivity contribution in [1.29, 1.82) is 0 Å². The Hall–Kier alpha value is -1.30. The molecule has 3 rings (SSSR count). The van der Waals surface area contributed by atoms with Crippen molar-refractivity contribution >= 4 is 0 Å². The van der Waals surface area contributed by atoms with Crippen LogP contribution in [0.5, 0.6) is 11.5 Å². The van der Waals surface area contributed by atoms with E-state index in [1.54, 1.807) is 0 Å². The van der Waals surface area contributed by atoms with Gasteiger partial charge in [-0.1, -0.05) is 6.07 Å². The molecule has 2 atom stereocenters. The molecule has 2 aliphatic rings. The maximum atomic E-state index is 10.2. The highest BCUT2D eigenvalue weighted by Crippen LogP contribution is 2.32. The van der Waals surface area contributed by atoms with Crippen LogP contribution in [0.25, 0.3) is 0 Å². The second-order valence-corrected chi connectivity index (χ2v) is 5.53. The maximum absolute atomic E-state index is 10.2. The molecule has 20 heavy (non-hydrogen) atoms. The van der Waals surface area contributed by atoms with Crippen LogP contribution in [0.2, 0.25) is 0 Å². The predicted octanol–water partition coefficient (Wildman–Crippen LogP) is 1.26. The minimum atomic E-state index is -0.734. The van der Waals surface area contributed by atoms with E-state index in [-0.39, 0.29) is 6.04 Å². The number of benzene rings is 1. The molecule has 1 saturated heterocycles. The molecule has 2 aliphatic heterocycles. The van der Waals surface area contributed by atoms with Gasteiger partial charge in [0.15, 0.2) is 11.5 Å². The van der Waals surface area contributed by atoms with Crippen molar-refractivity contribution in [3.8, 4) is 11.5 Å². The van der Waals surface area contributed by atoms with Crippen molar-refractivity contribution in [2.45, 2.75) is 25.0 Å². The zero-order valence-electron chi connectivity index (χ0n) is 11.7. The molecule has 0 saturated carbocycles. The average molecular weight is 279 g/mol. The number of aliphatic hydroxyl groups is 1. The number of hydrogen-bond acceptors (Lipinski definition) is 5. The predicted molar refractivity (Wildman–Crippen MR) is 74.2 cm³/mol. The Morgan fingerprint density at radius 1 is 1.25 bits per heavy atom. The van der Waals surface area contributed by atoms with Gasteiger partial charge in [0, 0.05) is 25.6 Å². The summed E-state index contributed by atoms with van der Waals surface area (Å²) in [7, 11) is 0. The van der Waals surface area contributed by atoms with Gasteiger partial charge >= 0.3 is 0 Å². The SMILES string of the molecule is CC(NCC1(O)CCOC1)c1ccc2c(c1)OCCO2. The van der Waals surface area contributed by atoms with Crippen molar-refractivity contribution in [2.75, 3.05) is 33.0 Å². The molecule has 0 bridgehead atoms. The van der Waals surface area contributed by atoms with E-state index in [1.165, 1.54) is 0 Å². The summed E-state index contributed by atoms with van der Waals surface area (Å²) in [5.41, 5.74) is 0.388. The highest BCUT2D eigenvalue weighted by molar-refractivity contribution is 5.44.